The third kappa shape index (κ3) is 2.49. The Labute approximate surface area is 121 Å². The maximum atomic E-state index is 12.2. The highest BCUT2D eigenvalue weighted by Crippen LogP contribution is 2.23. The highest BCUT2D eigenvalue weighted by molar-refractivity contribution is 6.35. The summed E-state index contributed by atoms with van der Waals surface area (Å²) < 4.78 is 0. The van der Waals surface area contributed by atoms with E-state index in [2.05, 4.69) is 10.3 Å². The summed E-state index contributed by atoms with van der Waals surface area (Å²) in [5.41, 5.74) is 1.74. The van der Waals surface area contributed by atoms with Crippen LogP contribution in [-0.4, -0.2) is 10.9 Å². The quantitative estimate of drug-likeness (QED) is 0.767. The largest absolute Gasteiger partial charge is 0.321 e. The molecule has 0 spiro atoms. The van der Waals surface area contributed by atoms with Crippen LogP contribution in [0.15, 0.2) is 60.7 Å². The molecule has 1 heterocycles. The summed E-state index contributed by atoms with van der Waals surface area (Å²) in [7, 11) is 0. The molecule has 0 atom stereocenters. The van der Waals surface area contributed by atoms with Gasteiger partial charge in [0.25, 0.3) is 5.91 Å². The number of carbonyl (C=O) groups excluding carboxylic acids is 1. The number of nitrogens with one attached hydrogen (secondary N) is 1. The van der Waals surface area contributed by atoms with Crippen LogP contribution in [0.2, 0.25) is 5.02 Å². The van der Waals surface area contributed by atoms with Gasteiger partial charge in [-0.05, 0) is 24.3 Å². The van der Waals surface area contributed by atoms with Crippen LogP contribution in [0.25, 0.3) is 10.9 Å². The molecule has 2 aromatic carbocycles. The van der Waals surface area contributed by atoms with Crippen LogP contribution < -0.4 is 5.32 Å². The van der Waals surface area contributed by atoms with Gasteiger partial charge in [0.1, 0.15) is 5.69 Å². The number of benzene rings is 2. The first-order chi connectivity index (χ1) is 9.74. The van der Waals surface area contributed by atoms with E-state index in [9.17, 15) is 4.79 Å². The molecule has 0 bridgehead atoms. The number of hydrogen-bond acceptors (Lipinski definition) is 2. The molecule has 0 saturated carbocycles. The number of pyridine rings is 1. The zero-order valence-electron chi connectivity index (χ0n) is 10.5. The molecule has 20 heavy (non-hydrogen) atoms. The number of halogens is 1. The molecule has 1 amide bonds. The average molecular weight is 283 g/mol. The lowest BCUT2D eigenvalue weighted by molar-refractivity contribution is 0.102. The topological polar surface area (TPSA) is 42.0 Å². The fourth-order valence-corrected chi connectivity index (χ4v) is 2.23. The molecular formula is C16H11ClN2O. The fourth-order valence-electron chi connectivity index (χ4n) is 1.97. The van der Waals surface area contributed by atoms with E-state index in [1.54, 1.807) is 6.07 Å². The van der Waals surface area contributed by atoms with Crippen molar-refractivity contribution in [1.29, 1.82) is 0 Å². The van der Waals surface area contributed by atoms with Crippen molar-refractivity contribution in [1.82, 2.24) is 4.98 Å². The Kier molecular flexibility index (Phi) is 3.35. The van der Waals surface area contributed by atoms with Gasteiger partial charge in [0.2, 0.25) is 0 Å². The molecule has 0 saturated heterocycles. The van der Waals surface area contributed by atoms with Crippen molar-refractivity contribution in [2.24, 2.45) is 0 Å². The Bertz CT molecular complexity index is 772. The van der Waals surface area contributed by atoms with E-state index >= 15 is 0 Å². The van der Waals surface area contributed by atoms with Gasteiger partial charge >= 0.3 is 0 Å². The van der Waals surface area contributed by atoms with Crippen molar-refractivity contribution in [2.75, 3.05) is 5.32 Å². The van der Waals surface area contributed by atoms with Crippen LogP contribution >= 0.6 is 11.6 Å². The molecule has 3 nitrogen and oxygen atoms in total. The summed E-state index contributed by atoms with van der Waals surface area (Å²) in [6, 6.07) is 18.3. The van der Waals surface area contributed by atoms with Crippen molar-refractivity contribution in [3.05, 3.63) is 71.4 Å². The molecule has 0 aliphatic carbocycles. The van der Waals surface area contributed by atoms with Crippen LogP contribution in [0.4, 0.5) is 5.69 Å². The van der Waals surface area contributed by atoms with E-state index in [0.29, 0.717) is 16.2 Å². The monoisotopic (exact) mass is 282 g/mol. The first-order valence-corrected chi connectivity index (χ1v) is 6.53. The Morgan fingerprint density at radius 3 is 2.50 bits per heavy atom. The minimum atomic E-state index is -0.274. The van der Waals surface area contributed by atoms with Gasteiger partial charge in [-0.25, -0.2) is 4.98 Å². The van der Waals surface area contributed by atoms with Crippen molar-refractivity contribution < 1.29 is 4.79 Å². The lowest BCUT2D eigenvalue weighted by atomic mass is 10.2. The van der Waals surface area contributed by atoms with E-state index in [0.717, 1.165) is 11.1 Å². The molecule has 4 heteroatoms. The zero-order chi connectivity index (χ0) is 13.9. The average Bonchev–Trinajstić information content (AvgIpc) is 2.48. The number of amides is 1. The van der Waals surface area contributed by atoms with Crippen LogP contribution in [0.5, 0.6) is 0 Å². The van der Waals surface area contributed by atoms with Crippen LogP contribution in [-0.2, 0) is 0 Å². The van der Waals surface area contributed by atoms with Crippen LogP contribution in [0, 0.1) is 0 Å². The molecule has 1 aromatic heterocycles. The number of hydrogen-bond donors (Lipinski definition) is 1. The minimum Gasteiger partial charge on any atom is -0.321 e. The summed E-state index contributed by atoms with van der Waals surface area (Å²) in [6.45, 7) is 0. The third-order valence-corrected chi connectivity index (χ3v) is 3.24. The van der Waals surface area contributed by atoms with Gasteiger partial charge in [0.05, 0.1) is 10.5 Å². The van der Waals surface area contributed by atoms with Gasteiger partial charge < -0.3 is 5.32 Å². The molecular weight excluding hydrogens is 272 g/mol. The first-order valence-electron chi connectivity index (χ1n) is 6.16. The van der Waals surface area contributed by atoms with Crippen molar-refractivity contribution in [3.63, 3.8) is 0 Å². The Balaban J connectivity index is 1.96. The van der Waals surface area contributed by atoms with E-state index in [4.69, 9.17) is 11.6 Å². The second-order valence-corrected chi connectivity index (χ2v) is 4.73. The lowest BCUT2D eigenvalue weighted by Gasteiger charge is -2.06. The van der Waals surface area contributed by atoms with Crippen molar-refractivity contribution in [3.8, 4) is 0 Å². The molecule has 0 fully saturated rings. The van der Waals surface area contributed by atoms with E-state index in [1.165, 1.54) is 0 Å². The fraction of sp³-hybridized carbons (Fsp3) is 0. The summed E-state index contributed by atoms with van der Waals surface area (Å²) in [4.78, 5) is 16.5. The molecule has 0 unspecified atom stereocenters. The molecule has 98 valence electrons. The summed E-state index contributed by atoms with van der Waals surface area (Å²) >= 11 is 6.19. The van der Waals surface area contributed by atoms with E-state index in [-0.39, 0.29) is 5.91 Å². The summed E-state index contributed by atoms with van der Waals surface area (Å²) in [5, 5.41) is 4.15. The predicted octanol–water partition coefficient (Wildman–Crippen LogP) is 4.14. The lowest BCUT2D eigenvalue weighted by Crippen LogP contribution is -2.13. The number of fused-ring (bicyclic) bond motifs is 1. The first kappa shape index (κ1) is 12.6. The van der Waals surface area contributed by atoms with Gasteiger partial charge in [-0.1, -0.05) is 48.0 Å². The van der Waals surface area contributed by atoms with Gasteiger partial charge in [-0.3, -0.25) is 4.79 Å². The second-order valence-electron chi connectivity index (χ2n) is 4.33. The van der Waals surface area contributed by atoms with Crippen molar-refractivity contribution in [2.45, 2.75) is 0 Å². The van der Waals surface area contributed by atoms with Gasteiger partial charge in [0.15, 0.2) is 0 Å². The van der Waals surface area contributed by atoms with Crippen molar-refractivity contribution >= 4 is 34.1 Å². The van der Waals surface area contributed by atoms with Crippen LogP contribution in [0.1, 0.15) is 10.5 Å². The second kappa shape index (κ2) is 5.31. The Morgan fingerprint density at radius 1 is 1.00 bits per heavy atom. The standard InChI is InChI=1S/C16H11ClN2O/c17-13-10-15(19-14-9-5-4-8-12(13)14)16(20)18-11-6-2-1-3-7-11/h1-10H,(H,18,20). The highest BCUT2D eigenvalue weighted by Gasteiger charge is 2.11. The van der Waals surface area contributed by atoms with Gasteiger partial charge in [-0.15, -0.1) is 0 Å². The third-order valence-electron chi connectivity index (χ3n) is 2.93. The molecule has 0 aliphatic rings. The normalized spacial score (nSPS) is 10.4. The van der Waals surface area contributed by atoms with Crippen LogP contribution in [0.3, 0.4) is 0 Å². The zero-order valence-corrected chi connectivity index (χ0v) is 11.3. The molecule has 3 rings (SSSR count). The summed E-state index contributed by atoms with van der Waals surface area (Å²) in [6.07, 6.45) is 0. The maximum Gasteiger partial charge on any atom is 0.274 e. The Morgan fingerprint density at radius 2 is 1.70 bits per heavy atom. The molecule has 3 aromatic rings. The minimum absolute atomic E-state index is 0.274. The maximum absolute atomic E-state index is 12.2. The number of aromatic nitrogens is 1. The number of para-hydroxylation sites is 2. The molecule has 1 N–H and O–H groups in total. The molecule has 0 radical (unpaired) electrons. The number of rotatable bonds is 2. The SMILES string of the molecule is O=C(Nc1ccccc1)c1cc(Cl)c2ccccc2n1. The molecule has 0 aliphatic heterocycles. The Hall–Kier alpha value is -2.39. The van der Waals surface area contributed by atoms with Gasteiger partial charge in [0, 0.05) is 11.1 Å². The number of carbonyl (C=O) groups is 1. The predicted molar refractivity (Wildman–Crippen MR) is 81.1 cm³/mol. The highest BCUT2D eigenvalue weighted by atomic mass is 35.5. The smallest absolute Gasteiger partial charge is 0.274 e. The summed E-state index contributed by atoms with van der Waals surface area (Å²) in [5.74, 6) is -0.274. The number of nitrogens with zero attached hydrogens (tertiary/aromatic N) is 1. The van der Waals surface area contributed by atoms with E-state index < -0.39 is 0 Å². The number of anilines is 1. The van der Waals surface area contributed by atoms with Gasteiger partial charge in [-0.2, -0.15) is 0 Å². The van der Waals surface area contributed by atoms with E-state index in [1.807, 2.05) is 54.6 Å².